The first-order valence-electron chi connectivity index (χ1n) is 6.47. The highest BCUT2D eigenvalue weighted by Crippen LogP contribution is 2.23. The van der Waals surface area contributed by atoms with Gasteiger partial charge in [0.1, 0.15) is 23.4 Å². The van der Waals surface area contributed by atoms with E-state index in [1.165, 1.54) is 6.33 Å². The van der Waals surface area contributed by atoms with Gasteiger partial charge in [0.15, 0.2) is 11.5 Å². The molecule has 0 aliphatic carbocycles. The molecule has 0 saturated heterocycles. The maximum Gasteiger partial charge on any atom is 0.183 e. The van der Waals surface area contributed by atoms with Crippen molar-refractivity contribution in [1.29, 1.82) is 0 Å². The predicted molar refractivity (Wildman–Crippen MR) is 77.3 cm³/mol. The number of H-pyrrole nitrogens is 1. The molecular weight excluding hydrogens is 254 g/mol. The zero-order valence-electron chi connectivity index (χ0n) is 11.1. The molecular formula is C14H15N5O. The summed E-state index contributed by atoms with van der Waals surface area (Å²) in [5.74, 6) is 1.97. The second-order valence-corrected chi connectivity index (χ2v) is 4.42. The molecule has 0 spiro atoms. The average molecular weight is 269 g/mol. The number of nitrogen functional groups attached to an aromatic ring is 1. The van der Waals surface area contributed by atoms with Crippen LogP contribution in [0.25, 0.3) is 22.6 Å². The summed E-state index contributed by atoms with van der Waals surface area (Å²) in [7, 11) is 0. The van der Waals surface area contributed by atoms with Gasteiger partial charge in [0.05, 0.1) is 6.61 Å². The lowest BCUT2D eigenvalue weighted by Gasteiger charge is -2.04. The number of anilines is 1. The van der Waals surface area contributed by atoms with Crippen LogP contribution < -0.4 is 10.5 Å². The third-order valence-electron chi connectivity index (χ3n) is 2.92. The SMILES string of the molecule is CCCOc1ccc(-c2nc3ncnc(N)c3[nH]2)cc1. The monoisotopic (exact) mass is 269 g/mol. The summed E-state index contributed by atoms with van der Waals surface area (Å²) in [6.07, 6.45) is 2.40. The summed E-state index contributed by atoms with van der Waals surface area (Å²) in [4.78, 5) is 15.6. The van der Waals surface area contributed by atoms with Crippen molar-refractivity contribution in [3.05, 3.63) is 30.6 Å². The van der Waals surface area contributed by atoms with Gasteiger partial charge in [-0.25, -0.2) is 15.0 Å². The Balaban J connectivity index is 1.92. The molecule has 0 unspecified atom stereocenters. The fourth-order valence-corrected chi connectivity index (χ4v) is 1.91. The summed E-state index contributed by atoms with van der Waals surface area (Å²) in [5.41, 5.74) is 7.96. The van der Waals surface area contributed by atoms with E-state index in [0.29, 0.717) is 22.8 Å². The molecule has 6 heteroatoms. The third kappa shape index (κ3) is 2.27. The number of nitrogens with one attached hydrogen (secondary N) is 1. The van der Waals surface area contributed by atoms with Crippen LogP contribution in [0.1, 0.15) is 13.3 Å². The Morgan fingerprint density at radius 2 is 2.00 bits per heavy atom. The highest BCUT2D eigenvalue weighted by molar-refractivity contribution is 5.84. The highest BCUT2D eigenvalue weighted by Gasteiger charge is 2.09. The van der Waals surface area contributed by atoms with Gasteiger partial charge < -0.3 is 15.5 Å². The van der Waals surface area contributed by atoms with E-state index < -0.39 is 0 Å². The number of nitrogens with two attached hydrogens (primary N) is 1. The maximum absolute atomic E-state index is 5.78. The molecule has 0 radical (unpaired) electrons. The van der Waals surface area contributed by atoms with Crippen LogP contribution in [0.2, 0.25) is 0 Å². The van der Waals surface area contributed by atoms with Crippen LogP contribution in [0.4, 0.5) is 5.82 Å². The van der Waals surface area contributed by atoms with Crippen molar-refractivity contribution < 1.29 is 4.74 Å². The van der Waals surface area contributed by atoms with Crippen molar-refractivity contribution in [3.8, 4) is 17.1 Å². The van der Waals surface area contributed by atoms with Crippen LogP contribution in [0.5, 0.6) is 5.75 Å². The molecule has 6 nitrogen and oxygen atoms in total. The number of aromatic amines is 1. The number of fused-ring (bicyclic) bond motifs is 1. The van der Waals surface area contributed by atoms with Crippen LogP contribution in [0.3, 0.4) is 0 Å². The summed E-state index contributed by atoms with van der Waals surface area (Å²) in [5, 5.41) is 0. The number of hydrogen-bond acceptors (Lipinski definition) is 5. The molecule has 2 aromatic heterocycles. The summed E-state index contributed by atoms with van der Waals surface area (Å²) >= 11 is 0. The zero-order valence-corrected chi connectivity index (χ0v) is 11.1. The second-order valence-electron chi connectivity index (χ2n) is 4.42. The molecule has 2 heterocycles. The molecule has 20 heavy (non-hydrogen) atoms. The van der Waals surface area contributed by atoms with Crippen molar-refractivity contribution in [2.75, 3.05) is 12.3 Å². The van der Waals surface area contributed by atoms with Crippen molar-refractivity contribution >= 4 is 17.0 Å². The minimum atomic E-state index is 0.400. The number of rotatable bonds is 4. The predicted octanol–water partition coefficient (Wildman–Crippen LogP) is 2.39. The molecule has 0 aliphatic heterocycles. The molecule has 1 aromatic carbocycles. The van der Waals surface area contributed by atoms with E-state index in [9.17, 15) is 0 Å². The third-order valence-corrected chi connectivity index (χ3v) is 2.92. The van der Waals surface area contributed by atoms with Gasteiger partial charge in [-0.15, -0.1) is 0 Å². The van der Waals surface area contributed by atoms with E-state index in [-0.39, 0.29) is 0 Å². The molecule has 0 bridgehead atoms. The Kier molecular flexibility index (Phi) is 3.20. The Morgan fingerprint density at radius 1 is 1.20 bits per heavy atom. The lowest BCUT2D eigenvalue weighted by Crippen LogP contribution is -1.94. The van der Waals surface area contributed by atoms with E-state index >= 15 is 0 Å². The zero-order chi connectivity index (χ0) is 13.9. The minimum Gasteiger partial charge on any atom is -0.494 e. The standard InChI is InChI=1S/C14H15N5O/c1-2-7-20-10-5-3-9(4-6-10)13-18-11-12(15)16-8-17-14(11)19-13/h3-6,8H,2,7H2,1H3,(H3,15,16,17,18,19). The fourth-order valence-electron chi connectivity index (χ4n) is 1.91. The van der Waals surface area contributed by atoms with Gasteiger partial charge in [-0.1, -0.05) is 6.92 Å². The van der Waals surface area contributed by atoms with Crippen LogP contribution in [0, 0.1) is 0 Å². The van der Waals surface area contributed by atoms with Crippen LogP contribution in [0.15, 0.2) is 30.6 Å². The average Bonchev–Trinajstić information content (AvgIpc) is 2.91. The summed E-state index contributed by atoms with van der Waals surface area (Å²) in [6, 6.07) is 7.75. The number of benzene rings is 1. The topological polar surface area (TPSA) is 89.7 Å². The van der Waals surface area contributed by atoms with Gasteiger partial charge in [0.25, 0.3) is 0 Å². The lowest BCUT2D eigenvalue weighted by molar-refractivity contribution is 0.317. The smallest absolute Gasteiger partial charge is 0.183 e. The summed E-state index contributed by atoms with van der Waals surface area (Å²) < 4.78 is 5.55. The Hall–Kier alpha value is -2.63. The van der Waals surface area contributed by atoms with Crippen LogP contribution >= 0.6 is 0 Å². The van der Waals surface area contributed by atoms with Gasteiger partial charge in [0, 0.05) is 5.56 Å². The van der Waals surface area contributed by atoms with Gasteiger partial charge in [-0.2, -0.15) is 0 Å². The van der Waals surface area contributed by atoms with Crippen molar-refractivity contribution in [3.63, 3.8) is 0 Å². The lowest BCUT2D eigenvalue weighted by atomic mass is 10.2. The van der Waals surface area contributed by atoms with Crippen molar-refractivity contribution in [2.45, 2.75) is 13.3 Å². The fraction of sp³-hybridized carbons (Fsp3) is 0.214. The first-order chi connectivity index (χ1) is 9.78. The van der Waals surface area contributed by atoms with Gasteiger partial charge >= 0.3 is 0 Å². The minimum absolute atomic E-state index is 0.400. The normalized spacial score (nSPS) is 10.8. The van der Waals surface area contributed by atoms with Crippen molar-refractivity contribution in [1.82, 2.24) is 19.9 Å². The number of hydrogen-bond donors (Lipinski definition) is 2. The molecule has 102 valence electrons. The van der Waals surface area contributed by atoms with Gasteiger partial charge in [-0.05, 0) is 30.7 Å². The Morgan fingerprint density at radius 3 is 2.70 bits per heavy atom. The molecule has 3 aromatic rings. The molecule has 0 atom stereocenters. The Labute approximate surface area is 116 Å². The Bertz CT molecular complexity index is 720. The number of ether oxygens (including phenoxy) is 1. The number of imidazole rings is 1. The maximum atomic E-state index is 5.78. The first-order valence-corrected chi connectivity index (χ1v) is 6.47. The first kappa shape index (κ1) is 12.4. The van der Waals surface area contributed by atoms with E-state index in [1.54, 1.807) is 0 Å². The molecule has 3 rings (SSSR count). The molecule has 0 saturated carbocycles. The van der Waals surface area contributed by atoms with E-state index in [1.807, 2.05) is 24.3 Å². The summed E-state index contributed by atoms with van der Waals surface area (Å²) in [6.45, 7) is 2.80. The molecule has 0 amide bonds. The molecule has 3 N–H and O–H groups in total. The van der Waals surface area contributed by atoms with Crippen LogP contribution in [-0.4, -0.2) is 26.5 Å². The van der Waals surface area contributed by atoms with E-state index in [4.69, 9.17) is 10.5 Å². The second kappa shape index (κ2) is 5.16. The van der Waals surface area contributed by atoms with Crippen molar-refractivity contribution in [2.24, 2.45) is 0 Å². The van der Waals surface area contributed by atoms with E-state index in [0.717, 1.165) is 24.3 Å². The quantitative estimate of drug-likeness (QED) is 0.759. The molecule has 0 fully saturated rings. The highest BCUT2D eigenvalue weighted by atomic mass is 16.5. The molecule has 0 aliphatic rings. The number of aromatic nitrogens is 4. The van der Waals surface area contributed by atoms with Crippen LogP contribution in [-0.2, 0) is 0 Å². The number of nitrogens with zero attached hydrogens (tertiary/aromatic N) is 3. The van der Waals surface area contributed by atoms with Gasteiger partial charge in [0.2, 0.25) is 0 Å². The van der Waals surface area contributed by atoms with Gasteiger partial charge in [-0.3, -0.25) is 0 Å². The van der Waals surface area contributed by atoms with E-state index in [2.05, 4.69) is 26.9 Å². The largest absolute Gasteiger partial charge is 0.494 e.